The molecular formula is C14H23N3O3. The molecule has 0 bridgehead atoms. The van der Waals surface area contributed by atoms with E-state index < -0.39 is 5.54 Å². The summed E-state index contributed by atoms with van der Waals surface area (Å²) in [6, 6.07) is 1.81. The Kier molecular flexibility index (Phi) is 4.35. The number of amides is 1. The molecule has 1 fully saturated rings. The van der Waals surface area contributed by atoms with Crippen LogP contribution in [0, 0.1) is 0 Å². The van der Waals surface area contributed by atoms with Crippen LogP contribution in [0.25, 0.3) is 0 Å². The van der Waals surface area contributed by atoms with Gasteiger partial charge in [0, 0.05) is 25.5 Å². The fourth-order valence-electron chi connectivity index (χ4n) is 2.50. The van der Waals surface area contributed by atoms with Crippen LogP contribution in [0.5, 0.6) is 0 Å². The van der Waals surface area contributed by atoms with E-state index in [0.29, 0.717) is 37.4 Å². The van der Waals surface area contributed by atoms with Crippen LogP contribution in [0.4, 0.5) is 5.69 Å². The third-order valence-corrected chi connectivity index (χ3v) is 3.79. The van der Waals surface area contributed by atoms with Crippen LogP contribution in [0.15, 0.2) is 12.3 Å². The van der Waals surface area contributed by atoms with E-state index in [9.17, 15) is 9.90 Å². The van der Waals surface area contributed by atoms with E-state index in [2.05, 4.69) is 5.32 Å². The number of ether oxygens (including phenoxy) is 1. The van der Waals surface area contributed by atoms with Crippen LogP contribution in [0.3, 0.4) is 0 Å². The molecule has 0 atom stereocenters. The highest BCUT2D eigenvalue weighted by Gasteiger charge is 2.34. The number of nitrogen functional groups attached to an aromatic ring is 1. The second kappa shape index (κ2) is 5.85. The number of nitrogens with two attached hydrogens (primary N) is 1. The molecule has 0 saturated carbocycles. The van der Waals surface area contributed by atoms with Crippen molar-refractivity contribution in [3.8, 4) is 0 Å². The monoisotopic (exact) mass is 281 g/mol. The Morgan fingerprint density at radius 3 is 2.75 bits per heavy atom. The van der Waals surface area contributed by atoms with Crippen LogP contribution >= 0.6 is 0 Å². The van der Waals surface area contributed by atoms with Crippen LogP contribution in [-0.4, -0.2) is 40.9 Å². The highest BCUT2D eigenvalue weighted by Crippen LogP contribution is 2.22. The summed E-state index contributed by atoms with van der Waals surface area (Å²) in [4.78, 5) is 12.5. The third-order valence-electron chi connectivity index (χ3n) is 3.79. The lowest BCUT2D eigenvalue weighted by Gasteiger charge is -2.36. The van der Waals surface area contributed by atoms with Gasteiger partial charge >= 0.3 is 0 Å². The predicted molar refractivity (Wildman–Crippen MR) is 76.6 cm³/mol. The summed E-state index contributed by atoms with van der Waals surface area (Å²) in [6.45, 7) is 5.00. The van der Waals surface area contributed by atoms with Crippen molar-refractivity contribution < 1.29 is 14.6 Å². The summed E-state index contributed by atoms with van der Waals surface area (Å²) < 4.78 is 7.13. The van der Waals surface area contributed by atoms with Gasteiger partial charge in [0.25, 0.3) is 5.91 Å². The number of carbonyl (C=O) groups excluding carboxylic acids is 1. The minimum atomic E-state index is -0.587. The minimum Gasteiger partial charge on any atom is -0.397 e. The van der Waals surface area contributed by atoms with Gasteiger partial charge in [-0.2, -0.15) is 0 Å². The molecule has 1 saturated heterocycles. The Morgan fingerprint density at radius 2 is 2.20 bits per heavy atom. The summed E-state index contributed by atoms with van der Waals surface area (Å²) in [5, 5.41) is 12.6. The SMILES string of the molecule is CC(C)n1cc(N)cc1C(=O)NC1(CO)CCOCC1. The largest absolute Gasteiger partial charge is 0.397 e. The molecule has 2 heterocycles. The summed E-state index contributed by atoms with van der Waals surface area (Å²) in [5.74, 6) is -0.202. The van der Waals surface area contributed by atoms with Gasteiger partial charge in [-0.1, -0.05) is 0 Å². The third kappa shape index (κ3) is 2.96. The molecule has 0 spiro atoms. The van der Waals surface area contributed by atoms with Crippen molar-refractivity contribution >= 4 is 11.6 Å². The van der Waals surface area contributed by atoms with Crippen molar-refractivity contribution in [2.45, 2.75) is 38.3 Å². The Morgan fingerprint density at radius 1 is 1.55 bits per heavy atom. The van der Waals surface area contributed by atoms with Gasteiger partial charge in [-0.3, -0.25) is 4.79 Å². The number of aliphatic hydroxyl groups excluding tert-OH is 1. The molecule has 6 nitrogen and oxygen atoms in total. The molecule has 0 unspecified atom stereocenters. The zero-order valence-corrected chi connectivity index (χ0v) is 12.1. The van der Waals surface area contributed by atoms with Gasteiger partial charge in [0.15, 0.2) is 0 Å². The van der Waals surface area contributed by atoms with Crippen LogP contribution in [0.1, 0.15) is 43.2 Å². The molecule has 1 amide bonds. The molecule has 1 aromatic rings. The Balaban J connectivity index is 2.19. The van der Waals surface area contributed by atoms with Crippen LogP contribution < -0.4 is 11.1 Å². The van der Waals surface area contributed by atoms with E-state index in [4.69, 9.17) is 10.5 Å². The van der Waals surface area contributed by atoms with E-state index in [1.807, 2.05) is 18.4 Å². The number of nitrogens with one attached hydrogen (secondary N) is 1. The molecule has 1 aromatic heterocycles. The number of carbonyl (C=O) groups is 1. The van der Waals surface area contributed by atoms with Gasteiger partial charge in [-0.05, 0) is 32.8 Å². The molecule has 0 aliphatic carbocycles. The molecule has 0 radical (unpaired) electrons. The number of aromatic nitrogens is 1. The lowest BCUT2D eigenvalue weighted by atomic mass is 9.91. The van der Waals surface area contributed by atoms with Gasteiger partial charge < -0.3 is 25.5 Å². The number of hydrogen-bond acceptors (Lipinski definition) is 4. The number of anilines is 1. The van der Waals surface area contributed by atoms with Gasteiger partial charge in [0.1, 0.15) is 5.69 Å². The first-order valence-corrected chi connectivity index (χ1v) is 6.96. The highest BCUT2D eigenvalue weighted by atomic mass is 16.5. The van der Waals surface area contributed by atoms with Crippen molar-refractivity contribution in [1.82, 2.24) is 9.88 Å². The van der Waals surface area contributed by atoms with Crippen molar-refractivity contribution in [3.05, 3.63) is 18.0 Å². The second-order valence-corrected chi connectivity index (χ2v) is 5.66. The lowest BCUT2D eigenvalue weighted by molar-refractivity contribution is 0.0123. The maximum absolute atomic E-state index is 12.5. The second-order valence-electron chi connectivity index (χ2n) is 5.66. The van der Waals surface area contributed by atoms with Crippen molar-refractivity contribution in [3.63, 3.8) is 0 Å². The smallest absolute Gasteiger partial charge is 0.268 e. The Labute approximate surface area is 118 Å². The van der Waals surface area contributed by atoms with E-state index in [1.165, 1.54) is 0 Å². The van der Waals surface area contributed by atoms with Crippen LogP contribution in [0.2, 0.25) is 0 Å². The number of hydrogen-bond donors (Lipinski definition) is 3. The minimum absolute atomic E-state index is 0.0834. The van der Waals surface area contributed by atoms with Gasteiger partial charge in [0.05, 0.1) is 17.8 Å². The Hall–Kier alpha value is -1.53. The first-order valence-electron chi connectivity index (χ1n) is 6.96. The highest BCUT2D eigenvalue weighted by molar-refractivity contribution is 5.94. The number of rotatable bonds is 4. The molecule has 1 aliphatic heterocycles. The summed E-state index contributed by atoms with van der Waals surface area (Å²) in [6.07, 6.45) is 3.00. The van der Waals surface area contributed by atoms with E-state index >= 15 is 0 Å². The zero-order chi connectivity index (χ0) is 14.8. The zero-order valence-electron chi connectivity index (χ0n) is 12.1. The quantitative estimate of drug-likeness (QED) is 0.765. The van der Waals surface area contributed by atoms with Crippen molar-refractivity contribution in [2.75, 3.05) is 25.6 Å². The van der Waals surface area contributed by atoms with Gasteiger partial charge in [-0.15, -0.1) is 0 Å². The molecule has 2 rings (SSSR count). The predicted octanol–water partition coefficient (Wildman–Crippen LogP) is 0.922. The Bertz CT molecular complexity index is 476. The molecule has 4 N–H and O–H groups in total. The first-order chi connectivity index (χ1) is 9.47. The maximum Gasteiger partial charge on any atom is 0.268 e. The van der Waals surface area contributed by atoms with E-state index in [-0.39, 0.29) is 18.6 Å². The molecule has 0 aromatic carbocycles. The average molecular weight is 281 g/mol. The summed E-state index contributed by atoms with van der Waals surface area (Å²) in [7, 11) is 0. The molecule has 20 heavy (non-hydrogen) atoms. The van der Waals surface area contributed by atoms with Crippen molar-refractivity contribution in [2.24, 2.45) is 0 Å². The molecule has 112 valence electrons. The standard InChI is InChI=1S/C14H23N3O3/c1-10(2)17-8-11(15)7-12(17)13(19)16-14(9-18)3-5-20-6-4-14/h7-8,10,18H,3-6,9,15H2,1-2H3,(H,16,19). The molecule has 6 heteroatoms. The fourth-order valence-corrected chi connectivity index (χ4v) is 2.50. The first kappa shape index (κ1) is 14.9. The summed E-state index contributed by atoms with van der Waals surface area (Å²) >= 11 is 0. The van der Waals surface area contributed by atoms with E-state index in [0.717, 1.165) is 0 Å². The lowest BCUT2D eigenvalue weighted by Crippen LogP contribution is -2.54. The van der Waals surface area contributed by atoms with E-state index in [1.54, 1.807) is 12.3 Å². The summed E-state index contributed by atoms with van der Waals surface area (Å²) in [5.41, 5.74) is 6.28. The number of aliphatic hydroxyl groups is 1. The van der Waals surface area contributed by atoms with Crippen molar-refractivity contribution in [1.29, 1.82) is 0 Å². The number of nitrogens with zero attached hydrogens (tertiary/aromatic N) is 1. The maximum atomic E-state index is 12.5. The molecule has 1 aliphatic rings. The fraction of sp³-hybridized carbons (Fsp3) is 0.643. The average Bonchev–Trinajstić information content (AvgIpc) is 2.82. The van der Waals surface area contributed by atoms with Crippen LogP contribution in [-0.2, 0) is 4.74 Å². The van der Waals surface area contributed by atoms with Gasteiger partial charge in [-0.25, -0.2) is 0 Å². The molecular weight excluding hydrogens is 258 g/mol. The topological polar surface area (TPSA) is 89.5 Å². The van der Waals surface area contributed by atoms with Gasteiger partial charge in [0.2, 0.25) is 0 Å². The normalized spacial score (nSPS) is 18.2.